The smallest absolute Gasteiger partial charge is 0.201 e. The Hall–Kier alpha value is -0.360. The zero-order valence-corrected chi connectivity index (χ0v) is 24.3. The summed E-state index contributed by atoms with van der Waals surface area (Å²) in [6.07, 6.45) is 5.95. The second-order valence-corrected chi connectivity index (χ2v) is 14.7. The number of ether oxygens (including phenoxy) is 5. The van der Waals surface area contributed by atoms with Gasteiger partial charge in [0.25, 0.3) is 0 Å². The molecule has 2 aliphatic carbocycles. The fraction of sp³-hybridized carbons (Fsp3) is 1.00. The van der Waals surface area contributed by atoms with Crippen molar-refractivity contribution in [3.05, 3.63) is 0 Å². The topological polar surface area (TPSA) is 83.1 Å². The standard InChI is InChI=1S/C30H46O9/c1-15-7-9-21-17(3)23(32-25-29(21)19(15)11-13-27(5,34-25)36-38-29)31-24-18(4)22-10-8-16(2)20-12-14-28(6)35-26(33-24)30(20,22)39-37-28/h15-26H,7-14H2,1-6H3/t15-,16-,17-,18-,19+,20+,21+,22+,23-,24-,25-,26-,27-,28-,29-,30-/m1/s1. The van der Waals surface area contributed by atoms with Gasteiger partial charge in [0, 0.05) is 36.5 Å². The average Bonchev–Trinajstić information content (AvgIpc) is 3.27. The van der Waals surface area contributed by atoms with E-state index in [1.165, 1.54) is 0 Å². The molecule has 10 fully saturated rings. The third-order valence-corrected chi connectivity index (χ3v) is 12.5. The fourth-order valence-electron chi connectivity index (χ4n) is 10.2. The Morgan fingerprint density at radius 1 is 0.538 bits per heavy atom. The van der Waals surface area contributed by atoms with Crippen molar-refractivity contribution in [2.45, 2.75) is 141 Å². The van der Waals surface area contributed by atoms with Crippen molar-refractivity contribution in [3.8, 4) is 0 Å². The molecule has 0 aromatic rings. The van der Waals surface area contributed by atoms with Gasteiger partial charge in [0.05, 0.1) is 0 Å². The highest BCUT2D eigenvalue weighted by atomic mass is 17.3. The third-order valence-electron chi connectivity index (χ3n) is 12.5. The molecule has 10 aliphatic rings. The molecule has 2 saturated carbocycles. The van der Waals surface area contributed by atoms with E-state index in [1.54, 1.807) is 0 Å². The molecule has 9 heteroatoms. The van der Waals surface area contributed by atoms with Gasteiger partial charge in [0.1, 0.15) is 0 Å². The summed E-state index contributed by atoms with van der Waals surface area (Å²) in [7, 11) is 0. The van der Waals surface area contributed by atoms with Crippen LogP contribution in [0.15, 0.2) is 0 Å². The Kier molecular flexibility index (Phi) is 5.80. The lowest BCUT2D eigenvalue weighted by atomic mass is 9.58. The van der Waals surface area contributed by atoms with Gasteiger partial charge in [-0.2, -0.15) is 0 Å². The van der Waals surface area contributed by atoms with E-state index in [4.69, 9.17) is 43.2 Å². The molecule has 39 heavy (non-hydrogen) atoms. The van der Waals surface area contributed by atoms with Crippen molar-refractivity contribution in [2.75, 3.05) is 0 Å². The second-order valence-electron chi connectivity index (χ2n) is 14.7. The highest BCUT2D eigenvalue weighted by molar-refractivity contribution is 5.11. The maximum atomic E-state index is 6.85. The normalized spacial score (nSPS) is 63.5. The second kappa shape index (κ2) is 8.60. The Morgan fingerprint density at radius 2 is 0.974 bits per heavy atom. The molecule has 10 rings (SSSR count). The van der Waals surface area contributed by atoms with E-state index in [1.807, 2.05) is 13.8 Å². The molecule has 0 aromatic carbocycles. The largest absolute Gasteiger partial charge is 0.323 e. The molecule has 2 spiro atoms. The number of rotatable bonds is 2. The van der Waals surface area contributed by atoms with Crippen LogP contribution in [0, 0.1) is 47.3 Å². The monoisotopic (exact) mass is 550 g/mol. The number of hydrogen-bond donors (Lipinski definition) is 0. The molecule has 4 bridgehead atoms. The van der Waals surface area contributed by atoms with Crippen LogP contribution >= 0.6 is 0 Å². The van der Waals surface area contributed by atoms with Crippen LogP contribution in [-0.2, 0) is 43.2 Å². The predicted octanol–water partition coefficient (Wildman–Crippen LogP) is 5.42. The van der Waals surface area contributed by atoms with Gasteiger partial charge in [0.15, 0.2) is 36.4 Å². The van der Waals surface area contributed by atoms with Gasteiger partial charge in [-0.1, -0.05) is 27.7 Å². The van der Waals surface area contributed by atoms with Gasteiger partial charge in [-0.05, 0) is 76.0 Å². The molecule has 8 heterocycles. The molecule has 0 N–H and O–H groups in total. The summed E-state index contributed by atoms with van der Waals surface area (Å²) in [6, 6.07) is 0. The van der Waals surface area contributed by atoms with Crippen LogP contribution in [0.4, 0.5) is 0 Å². The zero-order valence-electron chi connectivity index (χ0n) is 24.3. The first-order valence-corrected chi connectivity index (χ1v) is 15.6. The van der Waals surface area contributed by atoms with Gasteiger partial charge in [0.2, 0.25) is 11.6 Å². The van der Waals surface area contributed by atoms with E-state index in [9.17, 15) is 0 Å². The first-order valence-electron chi connectivity index (χ1n) is 15.6. The van der Waals surface area contributed by atoms with Gasteiger partial charge < -0.3 is 23.7 Å². The molecule has 8 saturated heterocycles. The summed E-state index contributed by atoms with van der Waals surface area (Å²) < 4.78 is 33.4. The van der Waals surface area contributed by atoms with Crippen LogP contribution in [0.5, 0.6) is 0 Å². The minimum Gasteiger partial charge on any atom is -0.323 e. The Bertz CT molecular complexity index is 919. The lowest BCUT2D eigenvalue weighted by molar-refractivity contribution is -0.590. The summed E-state index contributed by atoms with van der Waals surface area (Å²) in [4.78, 5) is 24.6. The number of fused-ring (bicyclic) bond motifs is 4. The average molecular weight is 551 g/mol. The third kappa shape index (κ3) is 3.45. The Morgan fingerprint density at radius 3 is 1.41 bits per heavy atom. The van der Waals surface area contributed by atoms with Crippen LogP contribution in [0.1, 0.15) is 92.9 Å². The SMILES string of the molecule is C[C@H]1[C@H](O[C@@H]2O[C@@H]3O[C@@]4(C)CC[C@H]5[C@H](C)CC[C@@H]([C@H]2C)[C@@]35OO4)O[C@@H]2O[C@@]3(C)CC[C@H]4[C@H](C)CC[C@@H]1[C@@]24OO3. The van der Waals surface area contributed by atoms with E-state index in [-0.39, 0.29) is 23.7 Å². The molecule has 9 nitrogen and oxygen atoms in total. The highest BCUT2D eigenvalue weighted by Gasteiger charge is 2.72. The van der Waals surface area contributed by atoms with E-state index < -0.39 is 47.9 Å². The quantitative estimate of drug-likeness (QED) is 0.419. The van der Waals surface area contributed by atoms with Crippen molar-refractivity contribution < 1.29 is 43.2 Å². The van der Waals surface area contributed by atoms with Crippen LogP contribution in [0.2, 0.25) is 0 Å². The van der Waals surface area contributed by atoms with E-state index in [0.717, 1.165) is 51.4 Å². The summed E-state index contributed by atoms with van der Waals surface area (Å²) in [6.45, 7) is 13.0. The first-order chi connectivity index (χ1) is 18.6. The van der Waals surface area contributed by atoms with Crippen molar-refractivity contribution in [1.82, 2.24) is 0 Å². The molecule has 8 aliphatic heterocycles. The molecule has 220 valence electrons. The molecule has 0 unspecified atom stereocenters. The van der Waals surface area contributed by atoms with Crippen LogP contribution in [0.3, 0.4) is 0 Å². The minimum absolute atomic E-state index is 0.0836. The van der Waals surface area contributed by atoms with E-state index >= 15 is 0 Å². The molecule has 0 amide bonds. The Balaban J connectivity index is 1.09. The number of hydrogen-bond acceptors (Lipinski definition) is 9. The summed E-state index contributed by atoms with van der Waals surface area (Å²) in [5.74, 6) is 0.661. The van der Waals surface area contributed by atoms with Crippen molar-refractivity contribution in [2.24, 2.45) is 47.3 Å². The molecular formula is C30H46O9. The fourth-order valence-corrected chi connectivity index (χ4v) is 10.2. The van der Waals surface area contributed by atoms with Crippen LogP contribution in [0.25, 0.3) is 0 Å². The molecular weight excluding hydrogens is 504 g/mol. The predicted molar refractivity (Wildman–Crippen MR) is 135 cm³/mol. The van der Waals surface area contributed by atoms with Crippen molar-refractivity contribution in [3.63, 3.8) is 0 Å². The van der Waals surface area contributed by atoms with E-state index in [2.05, 4.69) is 27.7 Å². The van der Waals surface area contributed by atoms with Crippen LogP contribution < -0.4 is 0 Å². The first kappa shape index (κ1) is 26.3. The van der Waals surface area contributed by atoms with Gasteiger partial charge >= 0.3 is 0 Å². The highest BCUT2D eigenvalue weighted by Crippen LogP contribution is 2.63. The summed E-state index contributed by atoms with van der Waals surface area (Å²) in [5, 5.41) is 0. The van der Waals surface area contributed by atoms with Crippen molar-refractivity contribution >= 4 is 0 Å². The van der Waals surface area contributed by atoms with Crippen molar-refractivity contribution in [1.29, 1.82) is 0 Å². The summed E-state index contributed by atoms with van der Waals surface area (Å²) in [5.41, 5.74) is -1.21. The lowest BCUT2D eigenvalue weighted by Crippen LogP contribution is -2.72. The van der Waals surface area contributed by atoms with Gasteiger partial charge in [-0.25, -0.2) is 19.6 Å². The minimum atomic E-state index is -0.808. The van der Waals surface area contributed by atoms with E-state index in [0.29, 0.717) is 23.7 Å². The molecule has 0 aromatic heterocycles. The van der Waals surface area contributed by atoms with Crippen LogP contribution in [-0.4, -0.2) is 47.9 Å². The maximum Gasteiger partial charge on any atom is 0.201 e. The lowest BCUT2D eigenvalue weighted by Gasteiger charge is -2.62. The van der Waals surface area contributed by atoms with Gasteiger partial charge in [-0.15, -0.1) is 0 Å². The maximum absolute atomic E-state index is 6.85. The summed E-state index contributed by atoms with van der Waals surface area (Å²) >= 11 is 0. The molecule has 0 radical (unpaired) electrons. The molecule has 16 atom stereocenters. The Labute approximate surface area is 231 Å². The zero-order chi connectivity index (χ0) is 26.9. The van der Waals surface area contributed by atoms with Gasteiger partial charge in [-0.3, -0.25) is 0 Å².